The number of rotatable bonds is 8. The Bertz CT molecular complexity index is 780. The lowest BCUT2D eigenvalue weighted by Gasteiger charge is -2.23. The molecule has 2 rings (SSSR count). The number of ether oxygens (including phenoxy) is 1. The zero-order valence-electron chi connectivity index (χ0n) is 14.2. The average molecular weight is 380 g/mol. The normalized spacial score (nSPS) is 10.6. The number of nitrogens with zero attached hydrogens (tertiary/aromatic N) is 1. The van der Waals surface area contributed by atoms with Crippen LogP contribution in [0.15, 0.2) is 42.5 Å². The third kappa shape index (κ3) is 5.54. The Labute approximate surface area is 156 Å². The number of carbonyl (C=O) groups is 2. The molecule has 0 bridgehead atoms. The van der Waals surface area contributed by atoms with Crippen LogP contribution in [0.3, 0.4) is 0 Å². The Kier molecular flexibility index (Phi) is 7.12. The molecule has 0 fully saturated rings. The molecule has 7 heteroatoms. The Hall–Kier alpha value is -2.44. The molecule has 0 saturated carbocycles. The second-order valence-electron chi connectivity index (χ2n) is 5.72. The maximum Gasteiger partial charge on any atom is 0.335 e. The van der Waals surface area contributed by atoms with Gasteiger partial charge in [0.15, 0.2) is 0 Å². The molecule has 0 saturated heterocycles. The summed E-state index contributed by atoms with van der Waals surface area (Å²) in [5.41, 5.74) is 1.50. The van der Waals surface area contributed by atoms with E-state index < -0.39 is 11.8 Å². The number of halogens is 2. The van der Waals surface area contributed by atoms with Crippen molar-refractivity contribution in [2.75, 3.05) is 20.3 Å². The first-order chi connectivity index (χ1) is 12.4. The molecule has 2 aromatic carbocycles. The Morgan fingerprint density at radius 3 is 2.46 bits per heavy atom. The zero-order chi connectivity index (χ0) is 19.1. The summed E-state index contributed by atoms with van der Waals surface area (Å²) in [6.07, 6.45) is 0.114. The molecule has 5 nitrogen and oxygen atoms in total. The summed E-state index contributed by atoms with van der Waals surface area (Å²) >= 11 is 6.05. The van der Waals surface area contributed by atoms with E-state index in [1.807, 2.05) is 0 Å². The fraction of sp³-hybridized carbons (Fsp3) is 0.263. The lowest BCUT2D eigenvalue weighted by atomic mass is 10.1. The number of hydrogen-bond acceptors (Lipinski definition) is 3. The fourth-order valence-corrected chi connectivity index (χ4v) is 2.63. The third-order valence-electron chi connectivity index (χ3n) is 3.85. The van der Waals surface area contributed by atoms with Crippen molar-refractivity contribution in [3.63, 3.8) is 0 Å². The van der Waals surface area contributed by atoms with Crippen LogP contribution >= 0.6 is 11.6 Å². The average Bonchev–Trinajstić information content (AvgIpc) is 2.60. The predicted octanol–water partition coefficient (Wildman–Crippen LogP) is 3.40. The molecule has 0 heterocycles. The lowest BCUT2D eigenvalue weighted by molar-refractivity contribution is -0.131. The predicted molar refractivity (Wildman–Crippen MR) is 95.8 cm³/mol. The number of carbonyl (C=O) groups excluding carboxylic acids is 1. The van der Waals surface area contributed by atoms with Gasteiger partial charge in [-0.25, -0.2) is 9.18 Å². The standard InChI is InChI=1S/C19H19ClFNO4/c1-26-9-8-22(12-15-6-7-16(21)11-17(15)20)18(23)10-13-2-4-14(5-3-13)19(24)25/h2-7,11H,8-10,12H2,1H3,(H,24,25). The molecule has 138 valence electrons. The number of carboxylic acid groups (broad SMARTS) is 1. The minimum absolute atomic E-state index is 0.114. The van der Waals surface area contributed by atoms with Gasteiger partial charge in [-0.2, -0.15) is 0 Å². The molecule has 0 unspecified atom stereocenters. The van der Waals surface area contributed by atoms with Crippen LogP contribution in [0.4, 0.5) is 4.39 Å². The highest BCUT2D eigenvalue weighted by molar-refractivity contribution is 6.31. The first-order valence-electron chi connectivity index (χ1n) is 7.93. The van der Waals surface area contributed by atoms with Gasteiger partial charge in [-0.15, -0.1) is 0 Å². The maximum absolute atomic E-state index is 13.2. The SMILES string of the molecule is COCCN(Cc1ccc(F)cc1Cl)C(=O)Cc1ccc(C(=O)O)cc1. The largest absolute Gasteiger partial charge is 0.478 e. The highest BCUT2D eigenvalue weighted by atomic mass is 35.5. The van der Waals surface area contributed by atoms with Crippen molar-refractivity contribution in [2.45, 2.75) is 13.0 Å². The molecule has 0 radical (unpaired) electrons. The van der Waals surface area contributed by atoms with E-state index in [2.05, 4.69) is 0 Å². The first kappa shape index (κ1) is 19.9. The van der Waals surface area contributed by atoms with Crippen LogP contribution < -0.4 is 0 Å². The van der Waals surface area contributed by atoms with Crippen LogP contribution in [0, 0.1) is 5.82 Å². The summed E-state index contributed by atoms with van der Waals surface area (Å²) in [4.78, 5) is 25.1. The number of aromatic carboxylic acids is 1. The van der Waals surface area contributed by atoms with E-state index in [9.17, 15) is 14.0 Å². The molecule has 26 heavy (non-hydrogen) atoms. The van der Waals surface area contributed by atoms with Crippen molar-refractivity contribution < 1.29 is 23.8 Å². The molecule has 0 aromatic heterocycles. The van der Waals surface area contributed by atoms with Gasteiger partial charge >= 0.3 is 5.97 Å². The summed E-state index contributed by atoms with van der Waals surface area (Å²) in [6.45, 7) is 0.938. The maximum atomic E-state index is 13.2. The first-order valence-corrected chi connectivity index (χ1v) is 8.31. The van der Waals surface area contributed by atoms with Crippen LogP contribution in [0.5, 0.6) is 0 Å². The molecular formula is C19H19ClFNO4. The quantitative estimate of drug-likeness (QED) is 0.763. The molecule has 0 aliphatic heterocycles. The van der Waals surface area contributed by atoms with Gasteiger partial charge in [-0.1, -0.05) is 29.8 Å². The Morgan fingerprint density at radius 2 is 1.88 bits per heavy atom. The van der Waals surface area contributed by atoms with Crippen molar-refractivity contribution >= 4 is 23.5 Å². The van der Waals surface area contributed by atoms with Crippen LogP contribution in [0.25, 0.3) is 0 Å². The van der Waals surface area contributed by atoms with Crippen LogP contribution in [-0.4, -0.2) is 42.1 Å². The van der Waals surface area contributed by atoms with E-state index in [1.165, 1.54) is 31.4 Å². The summed E-state index contributed by atoms with van der Waals surface area (Å²) in [5.74, 6) is -1.62. The fourth-order valence-electron chi connectivity index (χ4n) is 2.40. The molecule has 1 amide bonds. The number of hydrogen-bond donors (Lipinski definition) is 1. The molecule has 0 aliphatic rings. The van der Waals surface area contributed by atoms with Gasteiger partial charge in [-0.3, -0.25) is 4.79 Å². The zero-order valence-corrected chi connectivity index (χ0v) is 15.0. The summed E-state index contributed by atoms with van der Waals surface area (Å²) in [5, 5.41) is 9.18. The number of amides is 1. The van der Waals surface area contributed by atoms with Crippen LogP contribution in [0.1, 0.15) is 21.5 Å². The molecular weight excluding hydrogens is 361 g/mol. The van der Waals surface area contributed by atoms with Crippen LogP contribution in [0.2, 0.25) is 5.02 Å². The van der Waals surface area contributed by atoms with E-state index >= 15 is 0 Å². The van der Waals surface area contributed by atoms with Gasteiger partial charge in [0, 0.05) is 25.2 Å². The van der Waals surface area contributed by atoms with Crippen molar-refractivity contribution in [1.29, 1.82) is 0 Å². The summed E-state index contributed by atoms with van der Waals surface area (Å²) in [7, 11) is 1.54. The van der Waals surface area contributed by atoms with E-state index in [4.69, 9.17) is 21.4 Å². The second-order valence-corrected chi connectivity index (χ2v) is 6.13. The number of benzene rings is 2. The van der Waals surface area contributed by atoms with Crippen LogP contribution in [-0.2, 0) is 22.5 Å². The van der Waals surface area contributed by atoms with Gasteiger partial charge < -0.3 is 14.7 Å². The number of methoxy groups -OCH3 is 1. The Morgan fingerprint density at radius 1 is 1.19 bits per heavy atom. The second kappa shape index (κ2) is 9.31. The van der Waals surface area contributed by atoms with Gasteiger partial charge in [0.05, 0.1) is 18.6 Å². The minimum atomic E-state index is -1.02. The Balaban J connectivity index is 2.11. The molecule has 0 spiro atoms. The highest BCUT2D eigenvalue weighted by Crippen LogP contribution is 2.19. The monoisotopic (exact) mass is 379 g/mol. The van der Waals surface area contributed by atoms with E-state index in [-0.39, 0.29) is 29.5 Å². The minimum Gasteiger partial charge on any atom is -0.478 e. The topological polar surface area (TPSA) is 66.8 Å². The summed E-state index contributed by atoms with van der Waals surface area (Å²) < 4.78 is 18.2. The summed E-state index contributed by atoms with van der Waals surface area (Å²) in [6, 6.07) is 10.2. The lowest BCUT2D eigenvalue weighted by Crippen LogP contribution is -2.34. The molecule has 0 atom stereocenters. The molecule has 0 aliphatic carbocycles. The van der Waals surface area contributed by atoms with Crippen molar-refractivity contribution in [3.8, 4) is 0 Å². The third-order valence-corrected chi connectivity index (χ3v) is 4.20. The molecule has 2 aromatic rings. The van der Waals surface area contributed by atoms with Gasteiger partial charge in [0.25, 0.3) is 0 Å². The van der Waals surface area contributed by atoms with Gasteiger partial charge in [-0.05, 0) is 35.4 Å². The van der Waals surface area contributed by atoms with Gasteiger partial charge in [0.2, 0.25) is 5.91 Å². The highest BCUT2D eigenvalue weighted by Gasteiger charge is 2.16. The van der Waals surface area contributed by atoms with Crippen molar-refractivity contribution in [2.24, 2.45) is 0 Å². The number of carboxylic acids is 1. The van der Waals surface area contributed by atoms with E-state index in [0.29, 0.717) is 24.3 Å². The smallest absolute Gasteiger partial charge is 0.335 e. The van der Waals surface area contributed by atoms with Crippen molar-refractivity contribution in [3.05, 3.63) is 70.0 Å². The van der Waals surface area contributed by atoms with Crippen molar-refractivity contribution in [1.82, 2.24) is 4.90 Å². The van der Waals surface area contributed by atoms with E-state index in [0.717, 1.165) is 0 Å². The van der Waals surface area contributed by atoms with Gasteiger partial charge in [0.1, 0.15) is 5.82 Å². The van der Waals surface area contributed by atoms with E-state index in [1.54, 1.807) is 23.1 Å². The molecule has 1 N–H and O–H groups in total.